The Balaban J connectivity index is 2.15. The fourth-order valence-corrected chi connectivity index (χ4v) is 4.02. The molecule has 0 bridgehead atoms. The summed E-state index contributed by atoms with van der Waals surface area (Å²) in [6.45, 7) is 8.49. The number of thiazole rings is 1. The van der Waals surface area contributed by atoms with Gasteiger partial charge in [0.25, 0.3) is 0 Å². The van der Waals surface area contributed by atoms with Gasteiger partial charge < -0.3 is 4.90 Å². The Morgan fingerprint density at radius 1 is 1.27 bits per heavy atom. The fourth-order valence-electron chi connectivity index (χ4n) is 2.85. The molecule has 1 atom stereocenters. The summed E-state index contributed by atoms with van der Waals surface area (Å²) in [6, 6.07) is 0.0849. The van der Waals surface area contributed by atoms with E-state index in [0.717, 1.165) is 35.5 Å². The maximum Gasteiger partial charge on any atom is 0.249 e. The number of carbonyl (C=O) groups excluding carboxylic acids is 1. The number of aromatic nitrogens is 1. The van der Waals surface area contributed by atoms with Crippen LogP contribution in [0, 0.1) is 6.92 Å². The number of aryl methyl sites for hydroxylation is 1. The summed E-state index contributed by atoms with van der Waals surface area (Å²) < 4.78 is 0. The first-order valence-electron chi connectivity index (χ1n) is 8.35. The van der Waals surface area contributed by atoms with Gasteiger partial charge in [0.05, 0.1) is 16.7 Å². The number of hydrogen-bond donors (Lipinski definition) is 0. The minimum absolute atomic E-state index is 0.0849. The van der Waals surface area contributed by atoms with Gasteiger partial charge in [-0.15, -0.1) is 11.3 Å². The van der Waals surface area contributed by atoms with Crippen molar-refractivity contribution in [1.82, 2.24) is 9.88 Å². The van der Waals surface area contributed by atoms with Crippen LogP contribution in [0.15, 0.2) is 11.6 Å². The van der Waals surface area contributed by atoms with E-state index in [1.54, 1.807) is 11.3 Å². The van der Waals surface area contributed by atoms with E-state index in [1.807, 2.05) is 11.9 Å². The van der Waals surface area contributed by atoms with Crippen LogP contribution in [0.1, 0.15) is 80.4 Å². The zero-order valence-corrected chi connectivity index (χ0v) is 15.3. The highest BCUT2D eigenvalue weighted by Gasteiger charge is 2.24. The minimum atomic E-state index is 0.0849. The Kier molecular flexibility index (Phi) is 5.79. The van der Waals surface area contributed by atoms with Crippen molar-refractivity contribution < 1.29 is 4.79 Å². The molecule has 0 aromatic carbocycles. The second-order valence-electron chi connectivity index (χ2n) is 6.58. The van der Waals surface area contributed by atoms with Gasteiger partial charge in [-0.25, -0.2) is 4.98 Å². The van der Waals surface area contributed by atoms with Crippen LogP contribution in [0.4, 0.5) is 0 Å². The highest BCUT2D eigenvalue weighted by atomic mass is 32.1. The lowest BCUT2D eigenvalue weighted by Gasteiger charge is -2.25. The summed E-state index contributed by atoms with van der Waals surface area (Å²) in [7, 11) is 1.92. The molecule has 0 spiro atoms. The summed E-state index contributed by atoms with van der Waals surface area (Å²) >= 11 is 1.75. The summed E-state index contributed by atoms with van der Waals surface area (Å²) in [5.41, 5.74) is 2.06. The van der Waals surface area contributed by atoms with E-state index in [9.17, 15) is 4.79 Å². The van der Waals surface area contributed by atoms with Crippen molar-refractivity contribution in [2.45, 2.75) is 71.8 Å². The van der Waals surface area contributed by atoms with E-state index in [-0.39, 0.29) is 11.9 Å². The topological polar surface area (TPSA) is 33.2 Å². The summed E-state index contributed by atoms with van der Waals surface area (Å²) in [4.78, 5) is 20.5. The van der Waals surface area contributed by atoms with Gasteiger partial charge in [0.2, 0.25) is 5.91 Å². The standard InChI is InChI=1S/C18H28N2OS/c1-12(2)17-19-13(3)16(22-17)14(4)20(5)18(21)15-10-8-6-7-9-11-15/h10,12,14H,6-9,11H2,1-5H3/t14-/m0/s1. The number of nitrogens with zero attached hydrogens (tertiary/aromatic N) is 2. The van der Waals surface area contributed by atoms with Crippen molar-refractivity contribution in [1.29, 1.82) is 0 Å². The third-order valence-corrected chi connectivity index (χ3v) is 6.07. The number of allylic oxidation sites excluding steroid dienone is 1. The van der Waals surface area contributed by atoms with Gasteiger partial charge in [-0.1, -0.05) is 26.3 Å². The Morgan fingerprint density at radius 2 is 2.00 bits per heavy atom. The van der Waals surface area contributed by atoms with Gasteiger partial charge >= 0.3 is 0 Å². The van der Waals surface area contributed by atoms with Gasteiger partial charge in [-0.2, -0.15) is 0 Å². The normalized spacial score (nSPS) is 17.1. The van der Waals surface area contributed by atoms with Crippen LogP contribution in [-0.2, 0) is 4.79 Å². The summed E-state index contributed by atoms with van der Waals surface area (Å²) in [6.07, 6.45) is 7.70. The van der Waals surface area contributed by atoms with Crippen molar-refractivity contribution in [3.05, 3.63) is 27.2 Å². The van der Waals surface area contributed by atoms with Crippen LogP contribution in [0.25, 0.3) is 0 Å². The van der Waals surface area contributed by atoms with Gasteiger partial charge in [-0.3, -0.25) is 4.79 Å². The van der Waals surface area contributed by atoms with Crippen LogP contribution in [0.2, 0.25) is 0 Å². The Labute approximate surface area is 138 Å². The third-order valence-electron chi connectivity index (χ3n) is 4.44. The van der Waals surface area contributed by atoms with E-state index in [1.165, 1.54) is 17.7 Å². The molecule has 1 aliphatic carbocycles. The second-order valence-corrected chi connectivity index (χ2v) is 7.64. The van der Waals surface area contributed by atoms with Crippen LogP contribution < -0.4 is 0 Å². The van der Waals surface area contributed by atoms with Crippen molar-refractivity contribution in [2.24, 2.45) is 0 Å². The molecule has 1 amide bonds. The summed E-state index contributed by atoms with van der Waals surface area (Å²) in [5.74, 6) is 0.628. The Bertz CT molecular complexity index is 559. The quantitative estimate of drug-likeness (QED) is 0.783. The van der Waals surface area contributed by atoms with E-state index >= 15 is 0 Å². The molecule has 0 aliphatic heterocycles. The highest BCUT2D eigenvalue weighted by Crippen LogP contribution is 2.32. The zero-order valence-electron chi connectivity index (χ0n) is 14.5. The van der Waals surface area contributed by atoms with Crippen LogP contribution in [-0.4, -0.2) is 22.8 Å². The fraction of sp³-hybridized carbons (Fsp3) is 0.667. The largest absolute Gasteiger partial charge is 0.334 e. The molecule has 1 aromatic rings. The zero-order chi connectivity index (χ0) is 16.3. The molecule has 122 valence electrons. The molecule has 0 saturated heterocycles. The van der Waals surface area contributed by atoms with Gasteiger partial charge in [-0.05, 0) is 39.5 Å². The molecule has 1 aromatic heterocycles. The van der Waals surface area contributed by atoms with Crippen LogP contribution >= 0.6 is 11.3 Å². The lowest BCUT2D eigenvalue weighted by Crippen LogP contribution is -2.30. The smallest absolute Gasteiger partial charge is 0.249 e. The van der Waals surface area contributed by atoms with Gasteiger partial charge in [0.15, 0.2) is 0 Å². The lowest BCUT2D eigenvalue weighted by atomic mass is 10.1. The highest BCUT2D eigenvalue weighted by molar-refractivity contribution is 7.11. The van der Waals surface area contributed by atoms with Gasteiger partial charge in [0, 0.05) is 23.4 Å². The molecule has 0 radical (unpaired) electrons. The Morgan fingerprint density at radius 3 is 2.64 bits per heavy atom. The lowest BCUT2D eigenvalue weighted by molar-refractivity contribution is -0.127. The third kappa shape index (κ3) is 3.78. The maximum absolute atomic E-state index is 12.8. The van der Waals surface area contributed by atoms with Crippen molar-refractivity contribution in [2.75, 3.05) is 7.05 Å². The predicted octanol–water partition coefficient (Wildman–Crippen LogP) is 4.98. The molecule has 3 nitrogen and oxygen atoms in total. The number of rotatable bonds is 4. The molecule has 2 rings (SSSR count). The molecule has 0 saturated carbocycles. The van der Waals surface area contributed by atoms with Crippen molar-refractivity contribution >= 4 is 17.2 Å². The molecule has 0 unspecified atom stereocenters. The first-order chi connectivity index (χ1) is 10.4. The maximum atomic E-state index is 12.8. The van der Waals surface area contributed by atoms with E-state index in [0.29, 0.717) is 5.92 Å². The minimum Gasteiger partial charge on any atom is -0.334 e. The molecule has 1 aliphatic rings. The number of hydrogen-bond acceptors (Lipinski definition) is 3. The molecule has 22 heavy (non-hydrogen) atoms. The van der Waals surface area contributed by atoms with E-state index in [2.05, 4.69) is 38.8 Å². The van der Waals surface area contributed by atoms with Gasteiger partial charge in [0.1, 0.15) is 0 Å². The molecule has 1 heterocycles. The molecule has 0 N–H and O–H groups in total. The average Bonchev–Trinajstić information content (AvgIpc) is 2.72. The summed E-state index contributed by atoms with van der Waals surface area (Å²) in [5, 5.41) is 1.16. The predicted molar refractivity (Wildman–Crippen MR) is 93.3 cm³/mol. The van der Waals surface area contributed by atoms with Crippen molar-refractivity contribution in [3.63, 3.8) is 0 Å². The molecular weight excluding hydrogens is 292 g/mol. The monoisotopic (exact) mass is 320 g/mol. The SMILES string of the molecule is Cc1nc(C(C)C)sc1[C@H](C)N(C)C(=O)C1=CCCCCC1. The van der Waals surface area contributed by atoms with Crippen molar-refractivity contribution in [3.8, 4) is 0 Å². The second kappa shape index (κ2) is 7.40. The van der Waals surface area contributed by atoms with E-state index < -0.39 is 0 Å². The molecule has 4 heteroatoms. The average molecular weight is 321 g/mol. The first kappa shape index (κ1) is 17.2. The number of likely N-dealkylation sites (N-methyl/N-ethyl adjacent to an activating group) is 1. The first-order valence-corrected chi connectivity index (χ1v) is 9.16. The Hall–Kier alpha value is -1.16. The van der Waals surface area contributed by atoms with Crippen LogP contribution in [0.5, 0.6) is 0 Å². The van der Waals surface area contributed by atoms with Crippen LogP contribution in [0.3, 0.4) is 0 Å². The number of carbonyl (C=O) groups is 1. The molecule has 0 fully saturated rings. The number of amides is 1. The van der Waals surface area contributed by atoms with E-state index in [4.69, 9.17) is 0 Å². The molecular formula is C18H28N2OS.